The molecule has 0 radical (unpaired) electrons. The van der Waals surface area contributed by atoms with E-state index in [0.717, 1.165) is 42.8 Å². The number of amides is 1. The largest absolute Gasteiger partial charge is 0.469 e. The van der Waals surface area contributed by atoms with E-state index in [9.17, 15) is 9.59 Å². The van der Waals surface area contributed by atoms with Crippen LogP contribution in [0, 0.1) is 6.92 Å². The summed E-state index contributed by atoms with van der Waals surface area (Å²) in [5.41, 5.74) is 1.98. The van der Waals surface area contributed by atoms with Crippen molar-refractivity contribution in [3.8, 4) is 0 Å². The van der Waals surface area contributed by atoms with Gasteiger partial charge in [-0.1, -0.05) is 43.2 Å². The normalized spacial score (nSPS) is 10.5. The van der Waals surface area contributed by atoms with E-state index in [4.69, 9.17) is 0 Å². The second-order valence-corrected chi connectivity index (χ2v) is 7.26. The lowest BCUT2D eigenvalue weighted by molar-refractivity contribution is -0.140. The molecule has 5 nitrogen and oxygen atoms in total. The quantitative estimate of drug-likeness (QED) is 0.506. The molecule has 6 heteroatoms. The highest BCUT2D eigenvalue weighted by Crippen LogP contribution is 2.20. The molecule has 0 unspecified atom stereocenters. The van der Waals surface area contributed by atoms with Crippen LogP contribution >= 0.6 is 11.3 Å². The monoisotopic (exact) mass is 374 g/mol. The molecule has 0 bridgehead atoms. The molecule has 0 saturated carbocycles. The summed E-state index contributed by atoms with van der Waals surface area (Å²) in [6.45, 7) is 2.52. The van der Waals surface area contributed by atoms with Crippen molar-refractivity contribution in [1.29, 1.82) is 0 Å². The predicted molar refractivity (Wildman–Crippen MR) is 104 cm³/mol. The van der Waals surface area contributed by atoms with E-state index >= 15 is 0 Å². The Balaban J connectivity index is 1.71. The maximum Gasteiger partial charge on any atom is 0.305 e. The van der Waals surface area contributed by atoms with E-state index in [-0.39, 0.29) is 11.9 Å². The summed E-state index contributed by atoms with van der Waals surface area (Å²) in [5, 5.41) is 3.93. The molecule has 140 valence electrons. The summed E-state index contributed by atoms with van der Waals surface area (Å²) >= 11 is 1.47. The zero-order valence-electron chi connectivity index (χ0n) is 15.4. The van der Waals surface area contributed by atoms with Crippen LogP contribution in [-0.2, 0) is 16.0 Å². The summed E-state index contributed by atoms with van der Waals surface area (Å²) in [7, 11) is 1.41. The average molecular weight is 375 g/mol. The number of aromatic nitrogens is 1. The van der Waals surface area contributed by atoms with E-state index < -0.39 is 0 Å². The predicted octanol–water partition coefficient (Wildman–Crippen LogP) is 3.90. The Morgan fingerprint density at radius 3 is 2.58 bits per heavy atom. The Morgan fingerprint density at radius 1 is 1.12 bits per heavy atom. The van der Waals surface area contributed by atoms with Crippen molar-refractivity contribution in [1.82, 2.24) is 10.3 Å². The third-order valence-corrected chi connectivity index (χ3v) is 5.22. The number of hydrogen-bond donors (Lipinski definition) is 1. The molecular weight excluding hydrogens is 348 g/mol. The fraction of sp³-hybridized carbons (Fsp3) is 0.450. The SMILES string of the molecule is COC(=O)CCCCCCNC(=O)c1sc(Cc2ccccc2)nc1C. The van der Waals surface area contributed by atoms with Crippen LogP contribution in [0.25, 0.3) is 0 Å². The maximum absolute atomic E-state index is 12.3. The zero-order valence-corrected chi connectivity index (χ0v) is 16.2. The molecule has 0 aliphatic rings. The molecule has 0 aliphatic carbocycles. The van der Waals surface area contributed by atoms with Crippen LogP contribution in [0.5, 0.6) is 0 Å². The lowest BCUT2D eigenvalue weighted by Crippen LogP contribution is -2.24. The van der Waals surface area contributed by atoms with Crippen molar-refractivity contribution in [2.45, 2.75) is 45.4 Å². The van der Waals surface area contributed by atoms with Crippen molar-refractivity contribution in [2.24, 2.45) is 0 Å². The van der Waals surface area contributed by atoms with Crippen LogP contribution in [0.4, 0.5) is 0 Å². The summed E-state index contributed by atoms with van der Waals surface area (Å²) < 4.78 is 4.61. The number of hydrogen-bond acceptors (Lipinski definition) is 5. The Bertz CT molecular complexity index is 713. The third-order valence-electron chi connectivity index (χ3n) is 4.07. The number of unbranched alkanes of at least 4 members (excludes halogenated alkanes) is 3. The molecule has 26 heavy (non-hydrogen) atoms. The number of carbonyl (C=O) groups excluding carboxylic acids is 2. The van der Waals surface area contributed by atoms with Gasteiger partial charge in [-0.05, 0) is 25.3 Å². The van der Waals surface area contributed by atoms with E-state index in [1.165, 1.54) is 24.0 Å². The van der Waals surface area contributed by atoms with Gasteiger partial charge >= 0.3 is 5.97 Å². The van der Waals surface area contributed by atoms with Crippen molar-refractivity contribution in [3.05, 3.63) is 51.5 Å². The Morgan fingerprint density at radius 2 is 1.85 bits per heavy atom. The van der Waals surface area contributed by atoms with Gasteiger partial charge in [-0.25, -0.2) is 4.98 Å². The van der Waals surface area contributed by atoms with Crippen molar-refractivity contribution < 1.29 is 14.3 Å². The summed E-state index contributed by atoms with van der Waals surface area (Å²) in [4.78, 5) is 28.6. The van der Waals surface area contributed by atoms with Crippen LogP contribution in [-0.4, -0.2) is 30.5 Å². The van der Waals surface area contributed by atoms with E-state index in [0.29, 0.717) is 17.8 Å². The Kier molecular flexibility index (Phi) is 8.28. The smallest absolute Gasteiger partial charge is 0.305 e. The van der Waals surface area contributed by atoms with Gasteiger partial charge in [0.25, 0.3) is 5.91 Å². The minimum atomic E-state index is -0.162. The van der Waals surface area contributed by atoms with Crippen LogP contribution in [0.1, 0.15) is 58.0 Å². The highest BCUT2D eigenvalue weighted by Gasteiger charge is 2.15. The molecule has 1 amide bonds. The number of aryl methyl sites for hydroxylation is 1. The third kappa shape index (κ3) is 6.59. The van der Waals surface area contributed by atoms with Gasteiger partial charge in [-0.2, -0.15) is 0 Å². The fourth-order valence-electron chi connectivity index (χ4n) is 2.64. The lowest BCUT2D eigenvalue weighted by atomic mass is 10.1. The molecule has 1 aromatic heterocycles. The number of methoxy groups -OCH3 is 1. The second kappa shape index (κ2) is 10.7. The molecule has 1 N–H and O–H groups in total. The molecule has 1 heterocycles. The molecule has 0 saturated heterocycles. The van der Waals surface area contributed by atoms with E-state index in [2.05, 4.69) is 27.2 Å². The average Bonchev–Trinajstić information content (AvgIpc) is 3.01. The number of ether oxygens (including phenoxy) is 1. The molecule has 1 aromatic carbocycles. The van der Waals surface area contributed by atoms with Crippen molar-refractivity contribution in [3.63, 3.8) is 0 Å². The molecule has 2 aromatic rings. The zero-order chi connectivity index (χ0) is 18.8. The molecule has 0 fully saturated rings. The summed E-state index contributed by atoms with van der Waals surface area (Å²) in [5.74, 6) is -0.209. The molecule has 0 spiro atoms. The minimum absolute atomic E-state index is 0.0473. The van der Waals surface area contributed by atoms with Crippen LogP contribution < -0.4 is 5.32 Å². The highest BCUT2D eigenvalue weighted by atomic mass is 32.1. The number of nitrogens with zero attached hydrogens (tertiary/aromatic N) is 1. The molecule has 0 aliphatic heterocycles. The lowest BCUT2D eigenvalue weighted by Gasteiger charge is -2.04. The van der Waals surface area contributed by atoms with Gasteiger partial charge in [0.15, 0.2) is 0 Å². The first kappa shape index (κ1) is 20.1. The standard InChI is InChI=1S/C20H26N2O3S/c1-15-19(26-17(22-15)14-16-10-6-5-7-11-16)20(24)21-13-9-4-3-8-12-18(23)25-2/h5-7,10-11H,3-4,8-9,12-14H2,1-2H3,(H,21,24). The van der Waals surface area contributed by atoms with Crippen LogP contribution in [0.2, 0.25) is 0 Å². The molecule has 0 atom stereocenters. The highest BCUT2D eigenvalue weighted by molar-refractivity contribution is 7.13. The fourth-order valence-corrected chi connectivity index (χ4v) is 3.66. The van der Waals surface area contributed by atoms with Gasteiger partial charge in [-0.3, -0.25) is 9.59 Å². The minimum Gasteiger partial charge on any atom is -0.469 e. The van der Waals surface area contributed by atoms with Crippen molar-refractivity contribution >= 4 is 23.2 Å². The maximum atomic E-state index is 12.3. The van der Waals surface area contributed by atoms with Crippen LogP contribution in [0.3, 0.4) is 0 Å². The topological polar surface area (TPSA) is 68.3 Å². The number of carbonyl (C=O) groups is 2. The van der Waals surface area contributed by atoms with E-state index in [1.54, 1.807) is 0 Å². The number of nitrogens with one attached hydrogen (secondary N) is 1. The molecule has 2 rings (SSSR count). The van der Waals surface area contributed by atoms with Gasteiger partial charge in [0, 0.05) is 19.4 Å². The number of benzene rings is 1. The second-order valence-electron chi connectivity index (χ2n) is 6.18. The van der Waals surface area contributed by atoms with Crippen molar-refractivity contribution in [2.75, 3.05) is 13.7 Å². The van der Waals surface area contributed by atoms with Gasteiger partial charge in [0.1, 0.15) is 4.88 Å². The summed E-state index contributed by atoms with van der Waals surface area (Å²) in [6.07, 6.45) is 4.90. The van der Waals surface area contributed by atoms with Gasteiger partial charge in [0.2, 0.25) is 0 Å². The van der Waals surface area contributed by atoms with Crippen LogP contribution in [0.15, 0.2) is 30.3 Å². The number of thiazole rings is 1. The summed E-state index contributed by atoms with van der Waals surface area (Å²) in [6, 6.07) is 10.1. The first-order valence-electron chi connectivity index (χ1n) is 8.95. The first-order chi connectivity index (χ1) is 12.6. The van der Waals surface area contributed by atoms with Gasteiger partial charge < -0.3 is 10.1 Å². The Labute approximate surface area is 158 Å². The number of esters is 1. The molecular formula is C20H26N2O3S. The van der Waals surface area contributed by atoms with Gasteiger partial charge in [0.05, 0.1) is 17.8 Å². The van der Waals surface area contributed by atoms with Gasteiger partial charge in [-0.15, -0.1) is 11.3 Å². The van der Waals surface area contributed by atoms with E-state index in [1.807, 2.05) is 25.1 Å². The first-order valence-corrected chi connectivity index (χ1v) is 9.77. The number of rotatable bonds is 10. The Hall–Kier alpha value is -2.21.